The van der Waals surface area contributed by atoms with Gasteiger partial charge >= 0.3 is 5.97 Å². The van der Waals surface area contributed by atoms with Gasteiger partial charge in [-0.2, -0.15) is 0 Å². The van der Waals surface area contributed by atoms with Crippen LogP contribution in [0.2, 0.25) is 0 Å². The van der Waals surface area contributed by atoms with Crippen LogP contribution in [0.5, 0.6) is 0 Å². The summed E-state index contributed by atoms with van der Waals surface area (Å²) in [4.78, 5) is 10.4. The summed E-state index contributed by atoms with van der Waals surface area (Å²) < 4.78 is 45.4. The van der Waals surface area contributed by atoms with Gasteiger partial charge < -0.3 is 10.2 Å². The molecule has 1 atom stereocenters. The lowest BCUT2D eigenvalue weighted by molar-refractivity contribution is -0.155. The Morgan fingerprint density at radius 2 is 1.75 bits per heavy atom. The van der Waals surface area contributed by atoms with Crippen molar-refractivity contribution >= 4 is 25.8 Å². The first-order valence-electron chi connectivity index (χ1n) is 3.96. The molecule has 0 bridgehead atoms. The van der Waals surface area contributed by atoms with Gasteiger partial charge in [0.15, 0.2) is 20.5 Å². The Morgan fingerprint density at radius 1 is 1.31 bits per heavy atom. The van der Waals surface area contributed by atoms with Crippen LogP contribution in [0, 0.1) is 0 Å². The maximum Gasteiger partial charge on any atom is 0.336 e. The molecule has 0 aliphatic rings. The lowest BCUT2D eigenvalue weighted by atomic mass is 10.1. The average Bonchev–Trinajstić information content (AvgIpc) is 1.96. The van der Waals surface area contributed by atoms with E-state index in [1.807, 2.05) is 0 Å². The zero-order valence-electron chi connectivity index (χ0n) is 8.67. The first-order chi connectivity index (χ1) is 6.86. The SMILES string of the molecule is CC(O)(CNS(=O)(=O)CS(C)(=O)=O)C(=O)O. The van der Waals surface area contributed by atoms with Crippen molar-refractivity contribution in [3.8, 4) is 0 Å². The van der Waals surface area contributed by atoms with Crippen molar-refractivity contribution in [3.63, 3.8) is 0 Å². The molecule has 3 N–H and O–H groups in total. The van der Waals surface area contributed by atoms with E-state index in [-0.39, 0.29) is 0 Å². The van der Waals surface area contributed by atoms with Crippen molar-refractivity contribution in [2.24, 2.45) is 0 Å². The van der Waals surface area contributed by atoms with Gasteiger partial charge in [-0.25, -0.2) is 26.4 Å². The second kappa shape index (κ2) is 4.65. The summed E-state index contributed by atoms with van der Waals surface area (Å²) in [6.45, 7) is 0.0818. The van der Waals surface area contributed by atoms with Crippen molar-refractivity contribution < 1.29 is 31.8 Å². The third-order valence-corrected chi connectivity index (χ3v) is 5.00. The van der Waals surface area contributed by atoms with Gasteiger partial charge in [-0.3, -0.25) is 0 Å². The number of nitrogens with one attached hydrogen (secondary N) is 1. The molecule has 0 amide bonds. The van der Waals surface area contributed by atoms with E-state index in [1.165, 1.54) is 0 Å². The molecule has 0 aromatic heterocycles. The molecule has 1 unspecified atom stereocenters. The summed E-state index contributed by atoms with van der Waals surface area (Å²) in [5.41, 5.74) is -2.29. The third-order valence-electron chi connectivity index (χ3n) is 1.47. The van der Waals surface area contributed by atoms with Crippen LogP contribution in [0.25, 0.3) is 0 Å². The van der Waals surface area contributed by atoms with Gasteiger partial charge in [0.05, 0.1) is 0 Å². The van der Waals surface area contributed by atoms with E-state index < -0.39 is 43.1 Å². The Morgan fingerprint density at radius 3 is 2.06 bits per heavy atom. The maximum absolute atomic E-state index is 11.1. The molecule has 0 saturated carbocycles. The molecule has 0 aromatic carbocycles. The van der Waals surface area contributed by atoms with Crippen molar-refractivity contribution in [2.75, 3.05) is 17.9 Å². The molecule has 0 heterocycles. The summed E-state index contributed by atoms with van der Waals surface area (Å²) in [7, 11) is -7.92. The van der Waals surface area contributed by atoms with Crippen LogP contribution in [0.3, 0.4) is 0 Å². The van der Waals surface area contributed by atoms with Gasteiger partial charge in [0.2, 0.25) is 10.0 Å². The van der Waals surface area contributed by atoms with Crippen LogP contribution in [-0.2, 0) is 24.7 Å². The number of carboxylic acids is 1. The highest BCUT2D eigenvalue weighted by molar-refractivity contribution is 8.06. The molecular weight excluding hydrogens is 262 g/mol. The first kappa shape index (κ1) is 15.3. The highest BCUT2D eigenvalue weighted by Gasteiger charge is 2.32. The lowest BCUT2D eigenvalue weighted by Crippen LogP contribution is -2.47. The summed E-state index contributed by atoms with van der Waals surface area (Å²) in [5, 5.41) is 16.5. The van der Waals surface area contributed by atoms with Crippen molar-refractivity contribution in [1.29, 1.82) is 0 Å². The van der Waals surface area contributed by atoms with E-state index in [4.69, 9.17) is 5.11 Å². The number of hydrogen-bond donors (Lipinski definition) is 3. The smallest absolute Gasteiger partial charge is 0.336 e. The molecule has 0 fully saturated rings. The predicted octanol–water partition coefficient (Wildman–Crippen LogP) is -2.26. The number of sulfone groups is 1. The maximum atomic E-state index is 11.1. The third kappa shape index (κ3) is 6.00. The van der Waals surface area contributed by atoms with E-state index >= 15 is 0 Å². The Balaban J connectivity index is 4.60. The highest BCUT2D eigenvalue weighted by Crippen LogP contribution is 2.02. The van der Waals surface area contributed by atoms with Crippen molar-refractivity contribution in [1.82, 2.24) is 4.72 Å². The fraction of sp³-hybridized carbons (Fsp3) is 0.833. The second-order valence-corrected chi connectivity index (χ2v) is 7.87. The van der Waals surface area contributed by atoms with Crippen LogP contribution in [0.1, 0.15) is 6.92 Å². The number of aliphatic carboxylic acids is 1. The number of carboxylic acid groups (broad SMARTS) is 1. The number of rotatable bonds is 6. The monoisotopic (exact) mass is 275 g/mol. The topological polar surface area (TPSA) is 138 Å². The molecule has 0 aliphatic carbocycles. The van der Waals surface area contributed by atoms with Gasteiger partial charge in [0.1, 0.15) is 0 Å². The molecule has 16 heavy (non-hydrogen) atoms. The summed E-state index contributed by atoms with van der Waals surface area (Å²) in [6, 6.07) is 0. The van der Waals surface area contributed by atoms with Crippen LogP contribution in [-0.4, -0.2) is 56.5 Å². The number of carbonyl (C=O) groups is 1. The quantitative estimate of drug-likeness (QED) is 0.497. The first-order valence-corrected chi connectivity index (χ1v) is 7.68. The minimum Gasteiger partial charge on any atom is -0.479 e. The zero-order chi connectivity index (χ0) is 13.2. The average molecular weight is 275 g/mol. The molecule has 0 radical (unpaired) electrons. The minimum absolute atomic E-state index is 0.724. The normalized spacial score (nSPS) is 16.7. The van der Waals surface area contributed by atoms with Crippen molar-refractivity contribution in [3.05, 3.63) is 0 Å². The largest absolute Gasteiger partial charge is 0.479 e. The van der Waals surface area contributed by atoms with E-state index in [1.54, 1.807) is 4.72 Å². The molecule has 0 aliphatic heterocycles. The van der Waals surface area contributed by atoms with Crippen LogP contribution >= 0.6 is 0 Å². The van der Waals surface area contributed by atoms with Gasteiger partial charge in [0.25, 0.3) is 0 Å². The highest BCUT2D eigenvalue weighted by atomic mass is 32.3. The van der Waals surface area contributed by atoms with Crippen LogP contribution in [0.15, 0.2) is 0 Å². The Hall–Kier alpha value is -0.710. The molecule has 0 saturated heterocycles. The molecule has 10 heteroatoms. The second-order valence-electron chi connectivity index (χ2n) is 3.56. The van der Waals surface area contributed by atoms with Crippen LogP contribution in [0.4, 0.5) is 0 Å². The summed E-state index contributed by atoms with van der Waals surface area (Å²) >= 11 is 0. The van der Waals surface area contributed by atoms with E-state index in [0.717, 1.165) is 13.2 Å². The van der Waals surface area contributed by atoms with Gasteiger partial charge in [-0.15, -0.1) is 0 Å². The van der Waals surface area contributed by atoms with E-state index in [9.17, 15) is 26.7 Å². The predicted molar refractivity (Wildman–Crippen MR) is 54.9 cm³/mol. The lowest BCUT2D eigenvalue weighted by Gasteiger charge is -2.17. The standard InChI is InChI=1S/C6H13NO7S2/c1-6(10,5(8)9)3-7-16(13,14)4-15(2,11)12/h7,10H,3-4H2,1-2H3,(H,8,9). The van der Waals surface area contributed by atoms with Gasteiger partial charge in [0, 0.05) is 12.8 Å². The minimum atomic E-state index is -4.17. The molecule has 96 valence electrons. The Bertz CT molecular complexity index is 461. The van der Waals surface area contributed by atoms with Gasteiger partial charge in [-0.05, 0) is 6.92 Å². The summed E-state index contributed by atoms with van der Waals surface area (Å²) in [6.07, 6.45) is 0.724. The zero-order valence-corrected chi connectivity index (χ0v) is 10.3. The van der Waals surface area contributed by atoms with Crippen molar-refractivity contribution in [2.45, 2.75) is 12.5 Å². The molecule has 0 spiro atoms. The molecule has 0 aromatic rings. The van der Waals surface area contributed by atoms with E-state index in [2.05, 4.69) is 0 Å². The van der Waals surface area contributed by atoms with Gasteiger partial charge in [-0.1, -0.05) is 0 Å². The molecule has 0 rings (SSSR count). The number of hydrogen-bond acceptors (Lipinski definition) is 6. The number of aliphatic hydroxyl groups is 1. The fourth-order valence-corrected chi connectivity index (χ4v) is 3.74. The number of sulfonamides is 1. The molecule has 8 nitrogen and oxygen atoms in total. The fourth-order valence-electron chi connectivity index (χ4n) is 0.650. The summed E-state index contributed by atoms with van der Waals surface area (Å²) in [5.74, 6) is -1.62. The Labute approximate surface area is 93.2 Å². The molecular formula is C6H13NO7S2. The van der Waals surface area contributed by atoms with E-state index in [0.29, 0.717) is 0 Å². The van der Waals surface area contributed by atoms with Crippen LogP contribution < -0.4 is 4.72 Å². The Kier molecular flexibility index (Phi) is 4.45.